The van der Waals surface area contributed by atoms with Crippen molar-refractivity contribution >= 4 is 32.7 Å². The van der Waals surface area contributed by atoms with E-state index in [4.69, 9.17) is 4.74 Å². The number of ether oxygens (including phenoxy) is 1. The smallest absolute Gasteiger partial charge is 0.134 e. The van der Waals surface area contributed by atoms with Crippen molar-refractivity contribution in [1.82, 2.24) is 0 Å². The summed E-state index contributed by atoms with van der Waals surface area (Å²) in [5.41, 5.74) is 2.32. The number of halogens is 1. The number of benzene rings is 2. The lowest BCUT2D eigenvalue weighted by Crippen LogP contribution is -1.97. The lowest BCUT2D eigenvalue weighted by Gasteiger charge is -2.09. The van der Waals surface area contributed by atoms with Gasteiger partial charge in [-0.25, -0.2) is 0 Å². The van der Waals surface area contributed by atoms with Gasteiger partial charge < -0.3 is 4.74 Å². The van der Waals surface area contributed by atoms with Crippen LogP contribution in [0.15, 0.2) is 58.0 Å². The Morgan fingerprint density at radius 1 is 1.15 bits per heavy atom. The summed E-state index contributed by atoms with van der Waals surface area (Å²) < 4.78 is 6.82. The summed E-state index contributed by atoms with van der Waals surface area (Å²) in [6.07, 6.45) is 0. The summed E-state index contributed by atoms with van der Waals surface area (Å²) in [6, 6.07) is 16.3. The maximum atomic E-state index is 5.85. The highest BCUT2D eigenvalue weighted by Crippen LogP contribution is 2.29. The Labute approximate surface area is 131 Å². The van der Waals surface area contributed by atoms with Gasteiger partial charge >= 0.3 is 0 Å². The SMILES string of the molecule is Brc1cc(C2=NCCS2)ccc1OCc1ccccc1. The van der Waals surface area contributed by atoms with E-state index in [9.17, 15) is 0 Å². The highest BCUT2D eigenvalue weighted by molar-refractivity contribution is 9.10. The van der Waals surface area contributed by atoms with Crippen LogP contribution in [0.25, 0.3) is 0 Å². The molecule has 0 saturated carbocycles. The van der Waals surface area contributed by atoms with Gasteiger partial charge in [-0.2, -0.15) is 0 Å². The van der Waals surface area contributed by atoms with Gasteiger partial charge in [0.1, 0.15) is 12.4 Å². The molecular weight excluding hydrogens is 334 g/mol. The zero-order valence-electron chi connectivity index (χ0n) is 10.9. The van der Waals surface area contributed by atoms with E-state index < -0.39 is 0 Å². The van der Waals surface area contributed by atoms with Crippen molar-refractivity contribution < 1.29 is 4.74 Å². The summed E-state index contributed by atoms with van der Waals surface area (Å²) in [7, 11) is 0. The normalized spacial score (nSPS) is 14.2. The minimum absolute atomic E-state index is 0.578. The number of hydrogen-bond acceptors (Lipinski definition) is 3. The molecule has 2 aromatic rings. The monoisotopic (exact) mass is 347 g/mol. The molecular formula is C16H14BrNOS. The average molecular weight is 348 g/mol. The maximum absolute atomic E-state index is 5.85. The summed E-state index contributed by atoms with van der Waals surface area (Å²) in [5.74, 6) is 1.94. The molecule has 2 nitrogen and oxygen atoms in total. The predicted molar refractivity (Wildman–Crippen MR) is 88.8 cm³/mol. The number of aliphatic imine (C=N–C) groups is 1. The van der Waals surface area contributed by atoms with Gasteiger partial charge in [-0.15, -0.1) is 11.8 Å². The molecule has 1 aliphatic rings. The molecule has 4 heteroatoms. The van der Waals surface area contributed by atoms with Crippen LogP contribution in [0.5, 0.6) is 5.75 Å². The molecule has 0 spiro atoms. The summed E-state index contributed by atoms with van der Waals surface area (Å²) in [6.45, 7) is 1.50. The van der Waals surface area contributed by atoms with Gasteiger partial charge in [0.05, 0.1) is 9.52 Å². The highest BCUT2D eigenvalue weighted by atomic mass is 79.9. The lowest BCUT2D eigenvalue weighted by atomic mass is 10.2. The van der Waals surface area contributed by atoms with Crippen LogP contribution in [-0.4, -0.2) is 17.3 Å². The standard InChI is InChI=1S/C16H14BrNOS/c17-14-10-13(16-18-8-9-20-16)6-7-15(14)19-11-12-4-2-1-3-5-12/h1-7,10H,8-9,11H2. The van der Waals surface area contributed by atoms with Crippen LogP contribution in [0.1, 0.15) is 11.1 Å². The molecule has 0 aromatic heterocycles. The third-order valence-corrected chi connectivity index (χ3v) is 4.65. The molecule has 0 amide bonds. The third-order valence-electron chi connectivity index (χ3n) is 3.00. The Kier molecular flexibility index (Phi) is 4.43. The first-order valence-electron chi connectivity index (χ1n) is 6.47. The van der Waals surface area contributed by atoms with Crippen LogP contribution in [-0.2, 0) is 6.61 Å². The first-order chi connectivity index (χ1) is 9.83. The van der Waals surface area contributed by atoms with Crippen LogP contribution in [0, 0.1) is 0 Å². The van der Waals surface area contributed by atoms with Gasteiger partial charge in [-0.1, -0.05) is 30.3 Å². The second-order valence-electron chi connectivity index (χ2n) is 4.45. The maximum Gasteiger partial charge on any atom is 0.134 e. The van der Waals surface area contributed by atoms with Gasteiger partial charge in [0.25, 0.3) is 0 Å². The van der Waals surface area contributed by atoms with E-state index in [1.54, 1.807) is 0 Å². The fourth-order valence-electron chi connectivity index (χ4n) is 2.00. The summed E-state index contributed by atoms with van der Waals surface area (Å²) in [5, 5.41) is 1.13. The van der Waals surface area contributed by atoms with Gasteiger partial charge in [0.2, 0.25) is 0 Å². The topological polar surface area (TPSA) is 21.6 Å². The Balaban J connectivity index is 1.71. The van der Waals surface area contributed by atoms with E-state index in [1.165, 1.54) is 5.56 Å². The zero-order valence-corrected chi connectivity index (χ0v) is 13.3. The summed E-state index contributed by atoms with van der Waals surface area (Å²) in [4.78, 5) is 4.49. The Morgan fingerprint density at radius 3 is 2.70 bits per heavy atom. The van der Waals surface area contributed by atoms with E-state index >= 15 is 0 Å². The van der Waals surface area contributed by atoms with Crippen LogP contribution in [0.2, 0.25) is 0 Å². The van der Waals surface area contributed by atoms with Crippen molar-refractivity contribution in [2.75, 3.05) is 12.3 Å². The van der Waals surface area contributed by atoms with Crippen molar-refractivity contribution in [3.8, 4) is 5.75 Å². The van der Waals surface area contributed by atoms with Crippen molar-refractivity contribution in [3.05, 3.63) is 64.1 Å². The molecule has 0 unspecified atom stereocenters. The molecule has 3 rings (SSSR count). The number of rotatable bonds is 4. The molecule has 0 radical (unpaired) electrons. The van der Waals surface area contributed by atoms with Crippen molar-refractivity contribution in [1.29, 1.82) is 0 Å². The summed E-state index contributed by atoms with van der Waals surface area (Å²) >= 11 is 5.39. The van der Waals surface area contributed by atoms with Crippen molar-refractivity contribution in [2.24, 2.45) is 4.99 Å². The zero-order chi connectivity index (χ0) is 13.8. The molecule has 102 valence electrons. The van der Waals surface area contributed by atoms with Crippen LogP contribution < -0.4 is 4.74 Å². The van der Waals surface area contributed by atoms with Crippen LogP contribution in [0.4, 0.5) is 0 Å². The fraction of sp³-hybridized carbons (Fsp3) is 0.188. The van der Waals surface area contributed by atoms with Gasteiger partial charge in [0.15, 0.2) is 0 Å². The molecule has 0 N–H and O–H groups in total. The van der Waals surface area contributed by atoms with Crippen molar-refractivity contribution in [3.63, 3.8) is 0 Å². The Morgan fingerprint density at radius 2 is 2.00 bits per heavy atom. The first kappa shape index (κ1) is 13.7. The molecule has 0 fully saturated rings. The molecule has 0 aliphatic carbocycles. The minimum atomic E-state index is 0.578. The van der Waals surface area contributed by atoms with Crippen LogP contribution >= 0.6 is 27.7 Å². The molecule has 1 heterocycles. The molecule has 20 heavy (non-hydrogen) atoms. The van der Waals surface area contributed by atoms with Crippen molar-refractivity contribution in [2.45, 2.75) is 6.61 Å². The van der Waals surface area contributed by atoms with E-state index in [-0.39, 0.29) is 0 Å². The van der Waals surface area contributed by atoms with E-state index in [2.05, 4.69) is 45.2 Å². The second kappa shape index (κ2) is 6.46. The van der Waals surface area contributed by atoms with Gasteiger partial charge in [-0.3, -0.25) is 4.99 Å². The molecule has 0 atom stereocenters. The quantitative estimate of drug-likeness (QED) is 0.810. The highest BCUT2D eigenvalue weighted by Gasteiger charge is 2.11. The molecule has 0 bridgehead atoms. The fourth-order valence-corrected chi connectivity index (χ4v) is 3.34. The number of hydrogen-bond donors (Lipinski definition) is 0. The lowest BCUT2D eigenvalue weighted by molar-refractivity contribution is 0.304. The Bertz CT molecular complexity index is 628. The van der Waals surface area contributed by atoms with Gasteiger partial charge in [0, 0.05) is 17.9 Å². The number of nitrogens with zero attached hydrogens (tertiary/aromatic N) is 1. The minimum Gasteiger partial charge on any atom is -0.488 e. The number of thioether (sulfide) groups is 1. The predicted octanol–water partition coefficient (Wildman–Crippen LogP) is 4.52. The second-order valence-corrected chi connectivity index (χ2v) is 6.39. The van der Waals surface area contributed by atoms with Gasteiger partial charge in [-0.05, 0) is 39.7 Å². The van der Waals surface area contributed by atoms with E-state index in [1.807, 2.05) is 36.0 Å². The third kappa shape index (κ3) is 3.25. The first-order valence-corrected chi connectivity index (χ1v) is 8.25. The van der Waals surface area contributed by atoms with E-state index in [0.29, 0.717) is 6.61 Å². The largest absolute Gasteiger partial charge is 0.488 e. The molecule has 0 saturated heterocycles. The molecule has 2 aromatic carbocycles. The average Bonchev–Trinajstić information content (AvgIpc) is 3.01. The van der Waals surface area contributed by atoms with E-state index in [0.717, 1.165) is 33.1 Å². The molecule has 1 aliphatic heterocycles. The Hall–Kier alpha value is -1.26. The van der Waals surface area contributed by atoms with Crippen LogP contribution in [0.3, 0.4) is 0 Å².